The predicted octanol–water partition coefficient (Wildman–Crippen LogP) is 0.796. The number of nitrogens with zero attached hydrogens (tertiary/aromatic N) is 4. The van der Waals surface area contributed by atoms with E-state index in [1.807, 2.05) is 11.5 Å². The second-order valence-electron chi connectivity index (χ2n) is 6.10. The third-order valence-electron chi connectivity index (χ3n) is 4.15. The van der Waals surface area contributed by atoms with Gasteiger partial charge in [-0.05, 0) is 25.1 Å². The normalized spacial score (nSPS) is 11.8. The summed E-state index contributed by atoms with van der Waals surface area (Å²) in [5.41, 5.74) is 0.614. The van der Waals surface area contributed by atoms with Gasteiger partial charge < -0.3 is 9.73 Å². The highest BCUT2D eigenvalue weighted by molar-refractivity contribution is 7.89. The van der Waals surface area contributed by atoms with E-state index >= 15 is 0 Å². The smallest absolute Gasteiger partial charge is 0.408 e. The van der Waals surface area contributed by atoms with Crippen molar-refractivity contribution in [2.24, 2.45) is 0 Å². The maximum atomic E-state index is 12.4. The first kappa shape index (κ1) is 18.8. The number of oxazole rings is 1. The Bertz CT molecular complexity index is 1320. The van der Waals surface area contributed by atoms with Crippen LogP contribution < -0.4 is 15.8 Å². The van der Waals surface area contributed by atoms with Crippen LogP contribution >= 0.6 is 0 Å². The van der Waals surface area contributed by atoms with E-state index in [2.05, 4.69) is 30.0 Å². The van der Waals surface area contributed by atoms with Gasteiger partial charge >= 0.3 is 5.76 Å². The zero-order valence-corrected chi connectivity index (χ0v) is 16.1. The van der Waals surface area contributed by atoms with Gasteiger partial charge in [-0.1, -0.05) is 0 Å². The van der Waals surface area contributed by atoms with E-state index in [4.69, 9.17) is 4.42 Å². The third-order valence-corrected chi connectivity index (χ3v) is 5.61. The van der Waals surface area contributed by atoms with Gasteiger partial charge in [-0.25, -0.2) is 32.9 Å². The van der Waals surface area contributed by atoms with Crippen LogP contribution in [0.2, 0.25) is 0 Å². The van der Waals surface area contributed by atoms with Crippen molar-refractivity contribution in [1.82, 2.24) is 29.2 Å². The number of hydrogen-bond acceptors (Lipinski definition) is 8. The van der Waals surface area contributed by atoms with Crippen molar-refractivity contribution in [3.63, 3.8) is 0 Å². The fraction of sp³-hybridized carbons (Fsp3) is 0.176. The first-order valence-electron chi connectivity index (χ1n) is 8.61. The maximum absolute atomic E-state index is 12.4. The standard InChI is InChI=1S/C17H17N7O4S/c1-11-18-6-7-24(11)16-9-15(20-10-21-16)19-4-5-22-29(26,27)12-2-3-14-13(8-12)23-17(25)28-14/h2-3,6-10,22H,4-5H2,1H3,(H,23,25)(H,19,20,21). The Labute approximate surface area is 164 Å². The summed E-state index contributed by atoms with van der Waals surface area (Å²) in [7, 11) is -3.74. The number of hydrogen-bond donors (Lipinski definition) is 3. The molecule has 3 N–H and O–H groups in total. The summed E-state index contributed by atoms with van der Waals surface area (Å²) in [6.45, 7) is 2.30. The number of aromatic amines is 1. The number of benzene rings is 1. The van der Waals surface area contributed by atoms with Crippen LogP contribution in [0.15, 0.2) is 57.1 Å². The van der Waals surface area contributed by atoms with Crippen LogP contribution in [-0.4, -0.2) is 46.0 Å². The van der Waals surface area contributed by atoms with Crippen LogP contribution in [0.25, 0.3) is 16.9 Å². The summed E-state index contributed by atoms with van der Waals surface area (Å²) >= 11 is 0. The van der Waals surface area contributed by atoms with Gasteiger partial charge in [0.25, 0.3) is 0 Å². The summed E-state index contributed by atoms with van der Waals surface area (Å²) in [6, 6.07) is 5.89. The lowest BCUT2D eigenvalue weighted by Gasteiger charge is -2.09. The number of imidazole rings is 1. The van der Waals surface area contributed by atoms with Crippen molar-refractivity contribution in [3.8, 4) is 5.82 Å². The van der Waals surface area contributed by atoms with Gasteiger partial charge in [-0.2, -0.15) is 0 Å². The predicted molar refractivity (Wildman–Crippen MR) is 104 cm³/mol. The first-order chi connectivity index (χ1) is 13.9. The Morgan fingerprint density at radius 1 is 1.17 bits per heavy atom. The average Bonchev–Trinajstić information content (AvgIpc) is 3.29. The van der Waals surface area contributed by atoms with Crippen molar-refractivity contribution in [2.45, 2.75) is 11.8 Å². The minimum atomic E-state index is -3.74. The number of H-pyrrole nitrogens is 1. The van der Waals surface area contributed by atoms with Gasteiger partial charge in [0.1, 0.15) is 23.8 Å². The Balaban J connectivity index is 1.38. The number of nitrogens with one attached hydrogen (secondary N) is 3. The zero-order valence-electron chi connectivity index (χ0n) is 15.3. The molecule has 0 saturated carbocycles. The fourth-order valence-corrected chi connectivity index (χ4v) is 3.81. The second-order valence-corrected chi connectivity index (χ2v) is 7.87. The lowest BCUT2D eigenvalue weighted by Crippen LogP contribution is -2.29. The molecule has 0 aliphatic carbocycles. The number of sulfonamides is 1. The maximum Gasteiger partial charge on any atom is 0.417 e. The number of aromatic nitrogens is 5. The Hall–Kier alpha value is -3.51. The number of fused-ring (bicyclic) bond motifs is 1. The molecule has 0 fully saturated rings. The largest absolute Gasteiger partial charge is 0.417 e. The molecular formula is C17H17N7O4S. The molecule has 3 heterocycles. The SMILES string of the molecule is Cc1nccn1-c1cc(NCCNS(=O)(=O)c2ccc3oc(=O)[nH]c3c2)ncn1. The van der Waals surface area contributed by atoms with Crippen LogP contribution in [-0.2, 0) is 10.0 Å². The molecule has 0 bridgehead atoms. The van der Waals surface area contributed by atoms with Crippen molar-refractivity contribution < 1.29 is 12.8 Å². The molecule has 1 aromatic carbocycles. The van der Waals surface area contributed by atoms with E-state index in [-0.39, 0.29) is 11.4 Å². The third kappa shape index (κ3) is 4.02. The molecule has 0 spiro atoms. The van der Waals surface area contributed by atoms with Crippen LogP contribution in [0.4, 0.5) is 5.82 Å². The number of rotatable bonds is 7. The minimum absolute atomic E-state index is 0.0296. The van der Waals surface area contributed by atoms with Crippen molar-refractivity contribution in [2.75, 3.05) is 18.4 Å². The quantitative estimate of drug-likeness (QED) is 0.375. The Kier molecular flexibility index (Phi) is 4.86. The average molecular weight is 415 g/mol. The lowest BCUT2D eigenvalue weighted by atomic mass is 10.3. The molecular weight excluding hydrogens is 398 g/mol. The van der Waals surface area contributed by atoms with Gasteiger partial charge in [0.05, 0.1) is 10.4 Å². The van der Waals surface area contributed by atoms with Crippen molar-refractivity contribution in [3.05, 3.63) is 59.4 Å². The van der Waals surface area contributed by atoms with Crippen molar-refractivity contribution in [1.29, 1.82) is 0 Å². The summed E-state index contributed by atoms with van der Waals surface area (Å²) in [4.78, 5) is 26.2. The highest BCUT2D eigenvalue weighted by atomic mass is 32.2. The van der Waals surface area contributed by atoms with Crippen molar-refractivity contribution >= 4 is 26.9 Å². The molecule has 0 saturated heterocycles. The van der Waals surface area contributed by atoms with Gasteiger partial charge in [0, 0.05) is 31.5 Å². The minimum Gasteiger partial charge on any atom is -0.408 e. The molecule has 0 aliphatic heterocycles. The molecule has 3 aromatic heterocycles. The molecule has 12 heteroatoms. The highest BCUT2D eigenvalue weighted by Crippen LogP contribution is 2.16. The van der Waals surface area contributed by atoms with Gasteiger partial charge in [0.15, 0.2) is 5.58 Å². The molecule has 11 nitrogen and oxygen atoms in total. The van der Waals surface area contributed by atoms with Crippen LogP contribution in [0.1, 0.15) is 5.82 Å². The Morgan fingerprint density at radius 2 is 2.03 bits per heavy atom. The van der Waals surface area contributed by atoms with E-state index in [0.717, 1.165) is 5.82 Å². The zero-order chi connectivity index (χ0) is 20.4. The summed E-state index contributed by atoms with van der Waals surface area (Å²) in [5, 5.41) is 3.05. The molecule has 0 atom stereocenters. The molecule has 150 valence electrons. The van der Waals surface area contributed by atoms with Crippen LogP contribution in [0.3, 0.4) is 0 Å². The number of aryl methyl sites for hydroxylation is 1. The van der Waals surface area contributed by atoms with E-state index in [0.29, 0.717) is 29.3 Å². The number of anilines is 1. The molecule has 0 aliphatic rings. The summed E-state index contributed by atoms with van der Waals surface area (Å²) in [5.74, 6) is 1.36. The molecule has 0 unspecified atom stereocenters. The Morgan fingerprint density at radius 3 is 2.83 bits per heavy atom. The lowest BCUT2D eigenvalue weighted by molar-refractivity contribution is 0.555. The highest BCUT2D eigenvalue weighted by Gasteiger charge is 2.15. The van der Waals surface area contributed by atoms with Crippen LogP contribution in [0.5, 0.6) is 0 Å². The molecule has 29 heavy (non-hydrogen) atoms. The van der Waals surface area contributed by atoms with Crippen LogP contribution in [0, 0.1) is 6.92 Å². The van der Waals surface area contributed by atoms with E-state index in [1.165, 1.54) is 24.5 Å². The summed E-state index contributed by atoms with van der Waals surface area (Å²) < 4.78 is 34.1. The van der Waals surface area contributed by atoms with Gasteiger partial charge in [-0.3, -0.25) is 9.55 Å². The first-order valence-corrected chi connectivity index (χ1v) is 10.1. The van der Waals surface area contributed by atoms with E-state index < -0.39 is 15.8 Å². The molecule has 0 amide bonds. The van der Waals surface area contributed by atoms with Gasteiger partial charge in [-0.15, -0.1) is 0 Å². The van der Waals surface area contributed by atoms with E-state index in [9.17, 15) is 13.2 Å². The molecule has 4 rings (SSSR count). The van der Waals surface area contributed by atoms with Gasteiger partial charge in [0.2, 0.25) is 10.0 Å². The monoisotopic (exact) mass is 415 g/mol. The molecule has 0 radical (unpaired) electrons. The molecule has 4 aromatic rings. The fourth-order valence-electron chi connectivity index (χ4n) is 2.75. The van der Waals surface area contributed by atoms with E-state index in [1.54, 1.807) is 18.5 Å². The second kappa shape index (κ2) is 7.48. The summed E-state index contributed by atoms with van der Waals surface area (Å²) in [6.07, 6.45) is 4.89. The topological polar surface area (TPSA) is 148 Å².